The van der Waals surface area contributed by atoms with Crippen LogP contribution in [-0.2, 0) is 0 Å². The number of aromatic nitrogens is 2. The first kappa shape index (κ1) is 12.6. The summed E-state index contributed by atoms with van der Waals surface area (Å²) >= 11 is 0. The number of aromatic amines is 1. The highest BCUT2D eigenvalue weighted by Gasteiger charge is 2.09. The van der Waals surface area contributed by atoms with Gasteiger partial charge in [-0.1, -0.05) is 56.3 Å². The fourth-order valence-corrected chi connectivity index (χ4v) is 2.34. The Bertz CT molecular complexity index is 813. The van der Waals surface area contributed by atoms with E-state index in [-0.39, 0.29) is 11.5 Å². The Labute approximate surface area is 117 Å². The summed E-state index contributed by atoms with van der Waals surface area (Å²) in [6.07, 6.45) is 0. The molecule has 2 aromatic carbocycles. The van der Waals surface area contributed by atoms with E-state index in [4.69, 9.17) is 0 Å². The van der Waals surface area contributed by atoms with Crippen LogP contribution in [0, 0.1) is 0 Å². The normalized spacial score (nSPS) is 11.2. The summed E-state index contributed by atoms with van der Waals surface area (Å²) in [4.78, 5) is 19.2. The van der Waals surface area contributed by atoms with Gasteiger partial charge in [-0.25, -0.2) is 4.98 Å². The Balaban J connectivity index is 2.28. The summed E-state index contributed by atoms with van der Waals surface area (Å²) in [6.45, 7) is 4.04. The maximum Gasteiger partial charge on any atom is 0.251 e. The van der Waals surface area contributed by atoms with Gasteiger partial charge in [0.2, 0.25) is 0 Å². The highest BCUT2D eigenvalue weighted by molar-refractivity contribution is 5.95. The molecule has 100 valence electrons. The Kier molecular flexibility index (Phi) is 3.11. The average Bonchev–Trinajstić information content (AvgIpc) is 2.46. The molecule has 1 N–H and O–H groups in total. The van der Waals surface area contributed by atoms with Crippen molar-refractivity contribution in [2.75, 3.05) is 0 Å². The number of fused-ring (bicyclic) bond motifs is 1. The van der Waals surface area contributed by atoms with Gasteiger partial charge >= 0.3 is 0 Å². The van der Waals surface area contributed by atoms with Crippen LogP contribution in [0.3, 0.4) is 0 Å². The van der Waals surface area contributed by atoms with Crippen molar-refractivity contribution in [1.82, 2.24) is 9.97 Å². The van der Waals surface area contributed by atoms with E-state index >= 15 is 0 Å². The summed E-state index contributed by atoms with van der Waals surface area (Å²) in [7, 11) is 0. The fraction of sp³-hybridized carbons (Fsp3) is 0.176. The second kappa shape index (κ2) is 4.93. The molecule has 3 aromatic rings. The van der Waals surface area contributed by atoms with Crippen LogP contribution < -0.4 is 5.56 Å². The van der Waals surface area contributed by atoms with E-state index in [2.05, 4.69) is 28.2 Å². The zero-order valence-electron chi connectivity index (χ0n) is 11.6. The Morgan fingerprint density at radius 2 is 1.80 bits per heavy atom. The minimum Gasteiger partial charge on any atom is -0.310 e. The number of hydrogen-bond donors (Lipinski definition) is 1. The molecule has 0 bridgehead atoms. The lowest BCUT2D eigenvalue weighted by Crippen LogP contribution is -2.12. The van der Waals surface area contributed by atoms with Crippen LogP contribution in [0.1, 0.15) is 25.6 Å². The third-order valence-corrected chi connectivity index (χ3v) is 3.37. The van der Waals surface area contributed by atoms with Gasteiger partial charge in [0.1, 0.15) is 5.82 Å². The number of nitrogens with zero attached hydrogens (tertiary/aromatic N) is 1. The fourth-order valence-electron chi connectivity index (χ4n) is 2.34. The zero-order valence-corrected chi connectivity index (χ0v) is 11.6. The molecule has 3 heteroatoms. The molecule has 0 spiro atoms. The Hall–Kier alpha value is -2.42. The summed E-state index contributed by atoms with van der Waals surface area (Å²) in [5, 5.41) is 2.26. The molecule has 0 aliphatic heterocycles. The molecular weight excluding hydrogens is 248 g/mol. The molecule has 0 radical (unpaired) electrons. The van der Waals surface area contributed by atoms with Crippen LogP contribution in [-0.4, -0.2) is 9.97 Å². The Morgan fingerprint density at radius 1 is 1.05 bits per heavy atom. The molecule has 0 aliphatic rings. The second-order valence-corrected chi connectivity index (χ2v) is 5.20. The van der Waals surface area contributed by atoms with Gasteiger partial charge in [-0.3, -0.25) is 4.79 Å². The molecular formula is C17H16N2O. The minimum absolute atomic E-state index is 0.105. The molecule has 0 saturated carbocycles. The lowest BCUT2D eigenvalue weighted by atomic mass is 10.0. The molecule has 0 atom stereocenters. The first-order chi connectivity index (χ1) is 9.65. The number of rotatable bonds is 2. The number of H-pyrrole nitrogens is 1. The summed E-state index contributed by atoms with van der Waals surface area (Å²) in [6, 6.07) is 15.8. The first-order valence-corrected chi connectivity index (χ1v) is 6.74. The molecule has 1 aromatic heterocycles. The van der Waals surface area contributed by atoms with Crippen LogP contribution >= 0.6 is 0 Å². The molecule has 3 nitrogen and oxygen atoms in total. The van der Waals surface area contributed by atoms with Crippen LogP contribution in [0.5, 0.6) is 0 Å². The van der Waals surface area contributed by atoms with Crippen molar-refractivity contribution >= 4 is 10.8 Å². The third-order valence-electron chi connectivity index (χ3n) is 3.37. The highest BCUT2D eigenvalue weighted by atomic mass is 16.1. The summed E-state index contributed by atoms with van der Waals surface area (Å²) < 4.78 is 0. The van der Waals surface area contributed by atoms with Crippen LogP contribution in [0.15, 0.2) is 53.3 Å². The van der Waals surface area contributed by atoms with E-state index in [9.17, 15) is 4.79 Å². The average molecular weight is 264 g/mol. The Morgan fingerprint density at radius 3 is 2.60 bits per heavy atom. The van der Waals surface area contributed by atoms with Crippen molar-refractivity contribution in [2.24, 2.45) is 0 Å². The van der Waals surface area contributed by atoms with E-state index in [0.717, 1.165) is 27.9 Å². The predicted molar refractivity (Wildman–Crippen MR) is 81.9 cm³/mol. The first-order valence-electron chi connectivity index (χ1n) is 6.74. The van der Waals surface area contributed by atoms with E-state index in [1.54, 1.807) is 6.07 Å². The highest BCUT2D eigenvalue weighted by Crippen LogP contribution is 2.26. The van der Waals surface area contributed by atoms with Gasteiger partial charge in [-0.15, -0.1) is 0 Å². The van der Waals surface area contributed by atoms with E-state index in [1.807, 2.05) is 38.1 Å². The van der Waals surface area contributed by atoms with Crippen LogP contribution in [0.25, 0.3) is 22.0 Å². The van der Waals surface area contributed by atoms with Crippen molar-refractivity contribution in [1.29, 1.82) is 0 Å². The molecule has 20 heavy (non-hydrogen) atoms. The number of nitrogens with one attached hydrogen (secondary N) is 1. The molecule has 1 heterocycles. The SMILES string of the molecule is CC(C)c1nc(-c2cccc3ccccc23)cc(=O)[nH]1. The van der Waals surface area contributed by atoms with E-state index in [0.29, 0.717) is 0 Å². The topological polar surface area (TPSA) is 45.8 Å². The minimum atomic E-state index is -0.105. The van der Waals surface area contributed by atoms with Gasteiger partial charge in [-0.2, -0.15) is 0 Å². The molecule has 0 unspecified atom stereocenters. The lowest BCUT2D eigenvalue weighted by molar-refractivity contribution is 0.768. The van der Waals surface area contributed by atoms with Gasteiger partial charge in [-0.05, 0) is 10.8 Å². The predicted octanol–water partition coefficient (Wildman–Crippen LogP) is 3.71. The maximum atomic E-state index is 11.8. The van der Waals surface area contributed by atoms with Gasteiger partial charge in [0.05, 0.1) is 5.69 Å². The van der Waals surface area contributed by atoms with E-state index in [1.165, 1.54) is 0 Å². The maximum absolute atomic E-state index is 11.8. The van der Waals surface area contributed by atoms with Crippen molar-refractivity contribution in [3.8, 4) is 11.3 Å². The van der Waals surface area contributed by atoms with Gasteiger partial charge in [0, 0.05) is 17.5 Å². The van der Waals surface area contributed by atoms with Crippen LogP contribution in [0.4, 0.5) is 0 Å². The van der Waals surface area contributed by atoms with Gasteiger partial charge in [0.15, 0.2) is 0 Å². The molecule has 0 saturated heterocycles. The second-order valence-electron chi connectivity index (χ2n) is 5.20. The monoisotopic (exact) mass is 264 g/mol. The quantitative estimate of drug-likeness (QED) is 0.766. The largest absolute Gasteiger partial charge is 0.310 e. The molecule has 3 rings (SSSR count). The smallest absolute Gasteiger partial charge is 0.251 e. The lowest BCUT2D eigenvalue weighted by Gasteiger charge is -2.09. The molecule has 0 aliphatic carbocycles. The number of benzene rings is 2. The number of hydrogen-bond acceptors (Lipinski definition) is 2. The zero-order chi connectivity index (χ0) is 14.1. The van der Waals surface area contributed by atoms with Crippen LogP contribution in [0.2, 0.25) is 0 Å². The summed E-state index contributed by atoms with van der Waals surface area (Å²) in [5.41, 5.74) is 1.62. The van der Waals surface area contributed by atoms with Crippen molar-refractivity contribution in [2.45, 2.75) is 19.8 Å². The van der Waals surface area contributed by atoms with Crippen molar-refractivity contribution < 1.29 is 0 Å². The van der Waals surface area contributed by atoms with Gasteiger partial charge < -0.3 is 4.98 Å². The molecule has 0 amide bonds. The summed E-state index contributed by atoms with van der Waals surface area (Å²) in [5.74, 6) is 0.915. The standard InChI is InChI=1S/C17H16N2O/c1-11(2)17-18-15(10-16(20)19-17)14-9-5-7-12-6-3-4-8-13(12)14/h3-11H,1-2H3,(H,18,19,20). The molecule has 0 fully saturated rings. The third kappa shape index (κ3) is 2.23. The van der Waals surface area contributed by atoms with Gasteiger partial charge in [0.25, 0.3) is 5.56 Å². The van der Waals surface area contributed by atoms with E-state index < -0.39 is 0 Å². The van der Waals surface area contributed by atoms with Crippen molar-refractivity contribution in [3.05, 3.63) is 64.7 Å². The van der Waals surface area contributed by atoms with Crippen molar-refractivity contribution in [3.63, 3.8) is 0 Å².